The summed E-state index contributed by atoms with van der Waals surface area (Å²) in [5, 5.41) is 0.858. The minimum absolute atomic E-state index is 0.494. The Morgan fingerprint density at radius 1 is 1.04 bits per heavy atom. The lowest BCUT2D eigenvalue weighted by molar-refractivity contribution is 0.411. The monoisotopic (exact) mass is 375 g/mol. The molecule has 4 rings (SSSR count). The van der Waals surface area contributed by atoms with Crippen molar-refractivity contribution in [2.45, 2.75) is 27.2 Å². The number of imidazole rings is 1. The summed E-state index contributed by atoms with van der Waals surface area (Å²) in [6, 6.07) is 12.2. The number of nitrogens with zero attached hydrogens (tertiary/aromatic N) is 4. The third-order valence-electron chi connectivity index (χ3n) is 4.53. The molecule has 6 nitrogen and oxygen atoms in total. The first-order valence-electron chi connectivity index (χ1n) is 9.16. The van der Waals surface area contributed by atoms with Crippen molar-refractivity contribution in [3.8, 4) is 11.4 Å². The largest absolute Gasteiger partial charge is 0.496 e. The van der Waals surface area contributed by atoms with E-state index in [1.165, 1.54) is 17.5 Å². The van der Waals surface area contributed by atoms with Gasteiger partial charge in [-0.1, -0.05) is 19.1 Å². The number of nitrogens with two attached hydrogens (primary N) is 1. The van der Waals surface area contributed by atoms with E-state index in [1.54, 1.807) is 13.4 Å². The van der Waals surface area contributed by atoms with Gasteiger partial charge in [-0.25, -0.2) is 15.0 Å². The van der Waals surface area contributed by atoms with Gasteiger partial charge in [-0.15, -0.1) is 0 Å². The van der Waals surface area contributed by atoms with E-state index >= 15 is 0 Å². The van der Waals surface area contributed by atoms with Crippen LogP contribution in [0.1, 0.15) is 23.7 Å². The van der Waals surface area contributed by atoms with Crippen molar-refractivity contribution in [1.29, 1.82) is 0 Å². The first-order chi connectivity index (χ1) is 13.5. The molecule has 2 heterocycles. The van der Waals surface area contributed by atoms with Gasteiger partial charge in [0.2, 0.25) is 0 Å². The van der Waals surface area contributed by atoms with Crippen LogP contribution < -0.4 is 10.5 Å². The molecule has 0 aliphatic carbocycles. The van der Waals surface area contributed by atoms with Crippen molar-refractivity contribution < 1.29 is 4.74 Å². The summed E-state index contributed by atoms with van der Waals surface area (Å²) < 4.78 is 7.09. The Kier molecular flexibility index (Phi) is 5.89. The van der Waals surface area contributed by atoms with Crippen LogP contribution in [0.4, 0.5) is 5.82 Å². The van der Waals surface area contributed by atoms with Crippen LogP contribution in [0.2, 0.25) is 0 Å². The maximum atomic E-state index is 5.83. The van der Waals surface area contributed by atoms with Gasteiger partial charge in [0.1, 0.15) is 17.9 Å². The van der Waals surface area contributed by atoms with Crippen LogP contribution in [0.5, 0.6) is 5.75 Å². The minimum atomic E-state index is 0.494. The second kappa shape index (κ2) is 8.52. The van der Waals surface area contributed by atoms with Crippen LogP contribution in [0.15, 0.2) is 55.2 Å². The molecule has 2 aromatic carbocycles. The Morgan fingerprint density at radius 3 is 2.50 bits per heavy atom. The first-order valence-corrected chi connectivity index (χ1v) is 9.16. The quantitative estimate of drug-likeness (QED) is 0.578. The van der Waals surface area contributed by atoms with Gasteiger partial charge in [-0.05, 0) is 55.7 Å². The molecule has 144 valence electrons. The average Bonchev–Trinajstić information content (AvgIpc) is 3.15. The van der Waals surface area contributed by atoms with E-state index in [2.05, 4.69) is 40.9 Å². The first kappa shape index (κ1) is 19.4. The van der Waals surface area contributed by atoms with Gasteiger partial charge in [-0.2, -0.15) is 0 Å². The normalized spacial score (nSPS) is 10.4. The smallest absolute Gasteiger partial charge is 0.134 e. The van der Waals surface area contributed by atoms with E-state index in [0.717, 1.165) is 34.5 Å². The molecular formula is C22H25N5O. The third-order valence-corrected chi connectivity index (χ3v) is 4.53. The van der Waals surface area contributed by atoms with Crippen LogP contribution in [0, 0.1) is 13.8 Å². The number of ether oxygens (including phenoxy) is 1. The molecule has 6 heteroatoms. The highest BCUT2D eigenvalue weighted by Crippen LogP contribution is 2.20. The molecule has 0 saturated heterocycles. The lowest BCUT2D eigenvalue weighted by Crippen LogP contribution is -1.95. The Hall–Kier alpha value is -3.41. The predicted octanol–water partition coefficient (Wildman–Crippen LogP) is 4.27. The number of rotatable bonds is 3. The van der Waals surface area contributed by atoms with Crippen molar-refractivity contribution in [2.24, 2.45) is 0 Å². The lowest BCUT2D eigenvalue weighted by atomic mass is 10.1. The fourth-order valence-electron chi connectivity index (χ4n) is 2.95. The highest BCUT2D eigenvalue weighted by Gasteiger charge is 2.03. The van der Waals surface area contributed by atoms with Crippen LogP contribution >= 0.6 is 0 Å². The van der Waals surface area contributed by atoms with E-state index in [-0.39, 0.29) is 0 Å². The molecule has 0 atom stereocenters. The number of hydrogen-bond donors (Lipinski definition) is 1. The number of nitrogen functional groups attached to an aromatic ring is 1. The van der Waals surface area contributed by atoms with Crippen LogP contribution in [-0.2, 0) is 6.42 Å². The zero-order valence-corrected chi connectivity index (χ0v) is 16.7. The maximum absolute atomic E-state index is 5.83. The Labute approximate surface area is 165 Å². The second-order valence-corrected chi connectivity index (χ2v) is 6.54. The molecule has 0 fully saturated rings. The number of benzene rings is 2. The number of aromatic nitrogens is 4. The SMILES string of the molecule is CCc1ccc(OC)c(C)c1.Cc1cn(-c2ccc3ncnc(N)c3c2)cn1. The van der Waals surface area contributed by atoms with Crippen molar-refractivity contribution >= 4 is 16.7 Å². The van der Waals surface area contributed by atoms with Gasteiger partial charge in [-0.3, -0.25) is 0 Å². The Balaban J connectivity index is 0.000000178. The molecule has 0 unspecified atom stereocenters. The molecule has 0 bridgehead atoms. The molecule has 0 spiro atoms. The topological polar surface area (TPSA) is 78.8 Å². The van der Waals surface area contributed by atoms with Crippen molar-refractivity contribution in [3.63, 3.8) is 0 Å². The van der Waals surface area contributed by atoms with Gasteiger partial charge in [0, 0.05) is 17.3 Å². The average molecular weight is 375 g/mol. The summed E-state index contributed by atoms with van der Waals surface area (Å²) >= 11 is 0. The van der Waals surface area contributed by atoms with E-state index in [4.69, 9.17) is 10.5 Å². The molecule has 0 amide bonds. The van der Waals surface area contributed by atoms with Crippen molar-refractivity contribution in [3.05, 3.63) is 72.1 Å². The minimum Gasteiger partial charge on any atom is -0.496 e. The zero-order valence-electron chi connectivity index (χ0n) is 16.7. The predicted molar refractivity (Wildman–Crippen MR) is 113 cm³/mol. The van der Waals surface area contributed by atoms with Gasteiger partial charge in [0.15, 0.2) is 0 Å². The molecule has 0 aliphatic rings. The Bertz CT molecular complexity index is 1090. The highest BCUT2D eigenvalue weighted by atomic mass is 16.5. The molecule has 0 saturated carbocycles. The van der Waals surface area contributed by atoms with Crippen LogP contribution in [0.25, 0.3) is 16.6 Å². The van der Waals surface area contributed by atoms with Gasteiger partial charge >= 0.3 is 0 Å². The Morgan fingerprint density at radius 2 is 1.86 bits per heavy atom. The summed E-state index contributed by atoms with van der Waals surface area (Å²) in [5.41, 5.74) is 11.2. The number of methoxy groups -OCH3 is 1. The summed E-state index contributed by atoms with van der Waals surface area (Å²) in [7, 11) is 1.70. The summed E-state index contributed by atoms with van der Waals surface area (Å²) in [6.45, 7) is 6.17. The number of anilines is 1. The number of hydrogen-bond acceptors (Lipinski definition) is 5. The summed E-state index contributed by atoms with van der Waals surface area (Å²) in [6.07, 6.45) is 6.29. The zero-order chi connectivity index (χ0) is 20.1. The second-order valence-electron chi connectivity index (χ2n) is 6.54. The lowest BCUT2D eigenvalue weighted by Gasteiger charge is -2.05. The van der Waals surface area contributed by atoms with Crippen LogP contribution in [0.3, 0.4) is 0 Å². The fourth-order valence-corrected chi connectivity index (χ4v) is 2.95. The van der Waals surface area contributed by atoms with E-state index in [9.17, 15) is 0 Å². The molecular weight excluding hydrogens is 350 g/mol. The molecule has 0 aliphatic heterocycles. The van der Waals surface area contributed by atoms with E-state index < -0.39 is 0 Å². The summed E-state index contributed by atoms with van der Waals surface area (Å²) in [5.74, 6) is 1.47. The van der Waals surface area contributed by atoms with Crippen molar-refractivity contribution in [2.75, 3.05) is 12.8 Å². The molecule has 2 aromatic heterocycles. The number of aryl methyl sites for hydroxylation is 3. The standard InChI is InChI=1S/C12H11N5.C10H14O/c1-8-5-17(7-16-8)9-2-3-11-10(4-9)12(13)15-6-14-11;1-4-9-5-6-10(11-3)8(2)7-9/h2-7H,1H3,(H2,13,14,15);5-7H,4H2,1-3H3. The molecule has 0 radical (unpaired) electrons. The van der Waals surface area contributed by atoms with Gasteiger partial charge in [0.25, 0.3) is 0 Å². The molecule has 2 N–H and O–H groups in total. The number of fused-ring (bicyclic) bond motifs is 1. The van der Waals surface area contributed by atoms with Gasteiger partial charge < -0.3 is 15.0 Å². The van der Waals surface area contributed by atoms with E-state index in [1.807, 2.05) is 42.0 Å². The third kappa shape index (κ3) is 4.28. The van der Waals surface area contributed by atoms with Crippen molar-refractivity contribution in [1.82, 2.24) is 19.5 Å². The molecule has 4 aromatic rings. The van der Waals surface area contributed by atoms with Crippen LogP contribution in [-0.4, -0.2) is 26.6 Å². The summed E-state index contributed by atoms with van der Waals surface area (Å²) in [4.78, 5) is 12.4. The highest BCUT2D eigenvalue weighted by molar-refractivity contribution is 5.89. The van der Waals surface area contributed by atoms with Gasteiger partial charge in [0.05, 0.1) is 24.6 Å². The van der Waals surface area contributed by atoms with E-state index in [0.29, 0.717) is 5.82 Å². The fraction of sp³-hybridized carbons (Fsp3) is 0.227. The maximum Gasteiger partial charge on any atom is 0.134 e. The molecule has 28 heavy (non-hydrogen) atoms.